The van der Waals surface area contributed by atoms with E-state index in [4.69, 9.17) is 4.74 Å². The first-order chi connectivity index (χ1) is 12.6. The predicted molar refractivity (Wildman–Crippen MR) is 101 cm³/mol. The summed E-state index contributed by atoms with van der Waals surface area (Å²) >= 11 is 0. The van der Waals surface area contributed by atoms with Crippen LogP contribution in [-0.2, 0) is 29.0 Å². The van der Waals surface area contributed by atoms with Crippen LogP contribution < -0.4 is 5.32 Å². The van der Waals surface area contributed by atoms with Crippen molar-refractivity contribution in [3.63, 3.8) is 0 Å². The van der Waals surface area contributed by atoms with E-state index < -0.39 is 0 Å². The zero-order valence-electron chi connectivity index (χ0n) is 15.6. The summed E-state index contributed by atoms with van der Waals surface area (Å²) < 4.78 is 7.34. The van der Waals surface area contributed by atoms with Crippen LogP contribution in [0.15, 0.2) is 24.4 Å². The Balaban J connectivity index is 1.65. The van der Waals surface area contributed by atoms with Crippen LogP contribution >= 0.6 is 0 Å². The third-order valence-electron chi connectivity index (χ3n) is 4.86. The standard InChI is InChI=1S/C20H27N3O3/c1-3-5-11-26-18(24)12-21-20(25)23-10-9-16-13-22(4-2)17-8-6-7-15(14-23)19(16)17/h6-8,13H,3-5,9-12,14H2,1-2H3,(H,21,25). The number of amides is 2. The van der Waals surface area contributed by atoms with E-state index in [1.54, 1.807) is 4.90 Å². The van der Waals surface area contributed by atoms with Crippen LogP contribution in [0.2, 0.25) is 0 Å². The Morgan fingerprint density at radius 2 is 2.08 bits per heavy atom. The largest absolute Gasteiger partial charge is 0.464 e. The molecule has 1 aromatic carbocycles. The molecular weight excluding hydrogens is 330 g/mol. The summed E-state index contributed by atoms with van der Waals surface area (Å²) in [4.78, 5) is 25.9. The Kier molecular flexibility index (Phi) is 5.81. The fraction of sp³-hybridized carbons (Fsp3) is 0.500. The smallest absolute Gasteiger partial charge is 0.325 e. The van der Waals surface area contributed by atoms with Crippen molar-refractivity contribution in [1.82, 2.24) is 14.8 Å². The molecule has 0 bridgehead atoms. The molecule has 0 unspecified atom stereocenters. The van der Waals surface area contributed by atoms with Gasteiger partial charge in [0.2, 0.25) is 0 Å². The monoisotopic (exact) mass is 357 g/mol. The quantitative estimate of drug-likeness (QED) is 0.638. The molecule has 2 amide bonds. The molecule has 140 valence electrons. The Morgan fingerprint density at radius 1 is 1.23 bits per heavy atom. The van der Waals surface area contributed by atoms with Gasteiger partial charge in [-0.15, -0.1) is 0 Å². The number of unbranched alkanes of at least 4 members (excludes halogenated alkanes) is 1. The maximum Gasteiger partial charge on any atom is 0.325 e. The molecule has 0 fully saturated rings. The van der Waals surface area contributed by atoms with Crippen molar-refractivity contribution < 1.29 is 14.3 Å². The normalized spacial score (nSPS) is 13.5. The molecule has 26 heavy (non-hydrogen) atoms. The number of ether oxygens (including phenoxy) is 1. The number of carbonyl (C=O) groups is 2. The van der Waals surface area contributed by atoms with E-state index >= 15 is 0 Å². The first-order valence-electron chi connectivity index (χ1n) is 9.42. The summed E-state index contributed by atoms with van der Waals surface area (Å²) in [5, 5.41) is 3.95. The highest BCUT2D eigenvalue weighted by molar-refractivity contribution is 5.89. The molecule has 0 saturated carbocycles. The second kappa shape index (κ2) is 8.25. The third-order valence-corrected chi connectivity index (χ3v) is 4.86. The van der Waals surface area contributed by atoms with Gasteiger partial charge in [-0.2, -0.15) is 0 Å². The summed E-state index contributed by atoms with van der Waals surface area (Å²) in [5.74, 6) is -0.385. The van der Waals surface area contributed by atoms with Gasteiger partial charge in [-0.1, -0.05) is 25.5 Å². The lowest BCUT2D eigenvalue weighted by Gasteiger charge is -2.21. The SMILES string of the molecule is CCCCOC(=O)CNC(=O)N1CCc2cn(CC)c3cccc(c23)C1. The fourth-order valence-electron chi connectivity index (χ4n) is 3.46. The summed E-state index contributed by atoms with van der Waals surface area (Å²) in [6.45, 7) is 6.62. The lowest BCUT2D eigenvalue weighted by Crippen LogP contribution is -2.42. The minimum absolute atomic E-state index is 0.0851. The molecule has 1 aromatic heterocycles. The summed E-state index contributed by atoms with van der Waals surface area (Å²) in [7, 11) is 0. The van der Waals surface area contributed by atoms with Gasteiger partial charge in [0.05, 0.1) is 6.61 Å². The van der Waals surface area contributed by atoms with Gasteiger partial charge in [0.25, 0.3) is 0 Å². The van der Waals surface area contributed by atoms with Crippen LogP contribution in [-0.4, -0.2) is 41.2 Å². The van der Waals surface area contributed by atoms with Crippen molar-refractivity contribution in [2.24, 2.45) is 0 Å². The lowest BCUT2D eigenvalue weighted by atomic mass is 10.1. The van der Waals surface area contributed by atoms with Gasteiger partial charge in [0, 0.05) is 36.7 Å². The van der Waals surface area contributed by atoms with Gasteiger partial charge in [-0.3, -0.25) is 4.79 Å². The zero-order valence-corrected chi connectivity index (χ0v) is 15.6. The summed E-state index contributed by atoms with van der Waals surface area (Å²) in [6, 6.07) is 6.03. The molecule has 1 aliphatic heterocycles. The van der Waals surface area contributed by atoms with Crippen molar-refractivity contribution in [2.45, 2.75) is 46.2 Å². The van der Waals surface area contributed by atoms with Crippen LogP contribution in [0.4, 0.5) is 4.79 Å². The average Bonchev–Trinajstić information content (AvgIpc) is 2.90. The van der Waals surface area contributed by atoms with E-state index in [0.29, 0.717) is 19.7 Å². The number of benzene rings is 1. The van der Waals surface area contributed by atoms with Gasteiger partial charge in [-0.05, 0) is 37.0 Å². The number of nitrogens with zero attached hydrogens (tertiary/aromatic N) is 2. The number of nitrogens with one attached hydrogen (secondary N) is 1. The molecule has 0 spiro atoms. The van der Waals surface area contributed by atoms with Crippen molar-refractivity contribution in [3.05, 3.63) is 35.5 Å². The molecule has 6 heteroatoms. The molecule has 2 aromatic rings. The topological polar surface area (TPSA) is 63.6 Å². The summed E-state index contributed by atoms with van der Waals surface area (Å²) in [6.07, 6.45) is 4.82. The number of aryl methyl sites for hydroxylation is 1. The molecule has 1 aliphatic rings. The Bertz CT molecular complexity index is 797. The van der Waals surface area contributed by atoms with E-state index in [-0.39, 0.29) is 18.5 Å². The van der Waals surface area contributed by atoms with Crippen molar-refractivity contribution in [1.29, 1.82) is 0 Å². The Labute approximate surface area is 154 Å². The number of urea groups is 1. The first-order valence-corrected chi connectivity index (χ1v) is 9.42. The highest BCUT2D eigenvalue weighted by atomic mass is 16.5. The van der Waals surface area contributed by atoms with Crippen molar-refractivity contribution in [2.75, 3.05) is 19.7 Å². The number of aromatic nitrogens is 1. The fourth-order valence-corrected chi connectivity index (χ4v) is 3.46. The molecule has 0 saturated heterocycles. The van der Waals surface area contributed by atoms with Gasteiger partial charge in [-0.25, -0.2) is 4.79 Å². The van der Waals surface area contributed by atoms with E-state index in [0.717, 1.165) is 31.4 Å². The van der Waals surface area contributed by atoms with Crippen LogP contribution in [0.1, 0.15) is 37.8 Å². The molecule has 3 rings (SSSR count). The second-order valence-electron chi connectivity index (χ2n) is 6.66. The molecule has 0 atom stereocenters. The highest BCUT2D eigenvalue weighted by Crippen LogP contribution is 2.29. The van der Waals surface area contributed by atoms with Crippen LogP contribution in [0.5, 0.6) is 0 Å². The Hall–Kier alpha value is -2.50. The Morgan fingerprint density at radius 3 is 2.85 bits per heavy atom. The molecule has 0 aliphatic carbocycles. The minimum Gasteiger partial charge on any atom is -0.464 e. The average molecular weight is 357 g/mol. The van der Waals surface area contributed by atoms with E-state index in [1.165, 1.54) is 16.5 Å². The molecule has 2 heterocycles. The van der Waals surface area contributed by atoms with Gasteiger partial charge < -0.3 is 19.5 Å². The zero-order chi connectivity index (χ0) is 18.5. The third kappa shape index (κ3) is 3.84. The van der Waals surface area contributed by atoms with Crippen molar-refractivity contribution in [3.8, 4) is 0 Å². The molecule has 6 nitrogen and oxygen atoms in total. The van der Waals surface area contributed by atoms with E-state index in [1.807, 2.05) is 13.0 Å². The number of esters is 1. The van der Waals surface area contributed by atoms with Crippen LogP contribution in [0.25, 0.3) is 10.9 Å². The maximum atomic E-state index is 12.5. The number of rotatable bonds is 6. The van der Waals surface area contributed by atoms with E-state index in [2.05, 4.69) is 35.1 Å². The van der Waals surface area contributed by atoms with E-state index in [9.17, 15) is 9.59 Å². The number of hydrogen-bond donors (Lipinski definition) is 1. The second-order valence-corrected chi connectivity index (χ2v) is 6.66. The van der Waals surface area contributed by atoms with Crippen molar-refractivity contribution >= 4 is 22.9 Å². The van der Waals surface area contributed by atoms with Gasteiger partial charge in [0.15, 0.2) is 0 Å². The summed E-state index contributed by atoms with van der Waals surface area (Å²) in [5.41, 5.74) is 3.66. The number of carbonyl (C=O) groups excluding carboxylic acids is 2. The van der Waals surface area contributed by atoms with Crippen LogP contribution in [0, 0.1) is 0 Å². The molecule has 0 radical (unpaired) electrons. The van der Waals surface area contributed by atoms with Gasteiger partial charge >= 0.3 is 12.0 Å². The minimum atomic E-state index is -0.385. The van der Waals surface area contributed by atoms with Gasteiger partial charge in [0.1, 0.15) is 6.54 Å². The predicted octanol–water partition coefficient (Wildman–Crippen LogP) is 3.07. The lowest BCUT2D eigenvalue weighted by molar-refractivity contribution is -0.142. The maximum absolute atomic E-state index is 12.5. The number of hydrogen-bond acceptors (Lipinski definition) is 3. The molecular formula is C20H27N3O3. The first kappa shape index (κ1) is 18.3. The molecule has 1 N–H and O–H groups in total. The van der Waals surface area contributed by atoms with Crippen LogP contribution in [0.3, 0.4) is 0 Å². The highest BCUT2D eigenvalue weighted by Gasteiger charge is 2.22.